The van der Waals surface area contributed by atoms with Gasteiger partial charge in [-0.05, 0) is 20.8 Å². The molecule has 0 aliphatic carbocycles. The lowest BCUT2D eigenvalue weighted by Crippen LogP contribution is -2.50. The average Bonchev–Trinajstić information content (AvgIpc) is 2.47. The summed E-state index contributed by atoms with van der Waals surface area (Å²) in [6.45, 7) is 5.60. The number of nitrogens with two attached hydrogens (primary N) is 1. The standard InChI is InChI=1S/C8H14N4O2/c1-5-6(12-14-11-5)4-10-8(2,3)7(9)13/h10H,4H2,1-3H3,(H2,9,13). The summed E-state index contributed by atoms with van der Waals surface area (Å²) in [5.74, 6) is -0.411. The van der Waals surface area contributed by atoms with Crippen LogP contribution in [0.15, 0.2) is 4.63 Å². The van der Waals surface area contributed by atoms with Gasteiger partial charge >= 0.3 is 0 Å². The fourth-order valence-corrected chi connectivity index (χ4v) is 0.802. The van der Waals surface area contributed by atoms with Gasteiger partial charge in [-0.15, -0.1) is 0 Å². The van der Waals surface area contributed by atoms with E-state index in [-0.39, 0.29) is 0 Å². The molecule has 0 saturated heterocycles. The van der Waals surface area contributed by atoms with Gasteiger partial charge in [0.25, 0.3) is 0 Å². The second-order valence-electron chi connectivity index (χ2n) is 3.64. The van der Waals surface area contributed by atoms with Crippen LogP contribution in [0.25, 0.3) is 0 Å². The van der Waals surface area contributed by atoms with E-state index in [9.17, 15) is 4.79 Å². The zero-order chi connectivity index (χ0) is 10.8. The van der Waals surface area contributed by atoms with Crippen molar-refractivity contribution in [1.82, 2.24) is 15.6 Å². The first kappa shape index (κ1) is 10.6. The van der Waals surface area contributed by atoms with Gasteiger partial charge in [0.1, 0.15) is 11.4 Å². The third-order valence-corrected chi connectivity index (χ3v) is 2.06. The first-order valence-electron chi connectivity index (χ1n) is 4.26. The van der Waals surface area contributed by atoms with Gasteiger partial charge in [0.15, 0.2) is 0 Å². The summed E-state index contributed by atoms with van der Waals surface area (Å²) in [5, 5.41) is 10.3. The molecule has 6 nitrogen and oxygen atoms in total. The maximum absolute atomic E-state index is 11.0. The van der Waals surface area contributed by atoms with Gasteiger partial charge in [0.2, 0.25) is 5.91 Å². The second kappa shape index (κ2) is 3.75. The van der Waals surface area contributed by atoms with Gasteiger partial charge in [-0.2, -0.15) is 0 Å². The third kappa shape index (κ3) is 2.29. The minimum absolute atomic E-state index is 0.408. The molecule has 1 aromatic heterocycles. The zero-order valence-electron chi connectivity index (χ0n) is 8.50. The van der Waals surface area contributed by atoms with Crippen LogP contribution in [0.1, 0.15) is 25.2 Å². The topological polar surface area (TPSA) is 94.0 Å². The fraction of sp³-hybridized carbons (Fsp3) is 0.625. The van der Waals surface area contributed by atoms with Gasteiger partial charge in [0.05, 0.1) is 5.54 Å². The Morgan fingerprint density at radius 3 is 2.64 bits per heavy atom. The number of nitrogens with zero attached hydrogens (tertiary/aromatic N) is 2. The molecule has 0 unspecified atom stereocenters. The molecule has 0 aromatic carbocycles. The monoisotopic (exact) mass is 198 g/mol. The normalized spacial score (nSPS) is 11.6. The number of aryl methyl sites for hydroxylation is 1. The lowest BCUT2D eigenvalue weighted by molar-refractivity contribution is -0.123. The SMILES string of the molecule is Cc1nonc1CNC(C)(C)C(N)=O. The predicted octanol–water partition coefficient (Wildman–Crippen LogP) is -0.268. The van der Waals surface area contributed by atoms with E-state index in [1.165, 1.54) is 0 Å². The van der Waals surface area contributed by atoms with Crippen molar-refractivity contribution in [1.29, 1.82) is 0 Å². The molecule has 1 rings (SSSR count). The van der Waals surface area contributed by atoms with Crippen molar-refractivity contribution in [3.63, 3.8) is 0 Å². The summed E-state index contributed by atoms with van der Waals surface area (Å²) in [6.07, 6.45) is 0. The fourth-order valence-electron chi connectivity index (χ4n) is 0.802. The number of primary amides is 1. The largest absolute Gasteiger partial charge is 0.368 e. The molecular weight excluding hydrogens is 184 g/mol. The highest BCUT2D eigenvalue weighted by molar-refractivity contribution is 5.83. The first-order chi connectivity index (χ1) is 6.43. The van der Waals surface area contributed by atoms with Gasteiger partial charge in [-0.25, -0.2) is 4.63 Å². The van der Waals surface area contributed by atoms with Crippen molar-refractivity contribution in [2.45, 2.75) is 32.9 Å². The summed E-state index contributed by atoms with van der Waals surface area (Å²) in [5.41, 5.74) is 5.81. The zero-order valence-corrected chi connectivity index (χ0v) is 8.50. The van der Waals surface area contributed by atoms with E-state index in [2.05, 4.69) is 20.3 Å². The number of amides is 1. The second-order valence-corrected chi connectivity index (χ2v) is 3.64. The van der Waals surface area contributed by atoms with Gasteiger partial charge < -0.3 is 5.73 Å². The van der Waals surface area contributed by atoms with E-state index in [1.807, 2.05) is 0 Å². The molecule has 78 valence electrons. The molecular formula is C8H14N4O2. The smallest absolute Gasteiger partial charge is 0.237 e. The van der Waals surface area contributed by atoms with Crippen LogP contribution in [0.5, 0.6) is 0 Å². The Morgan fingerprint density at radius 1 is 1.57 bits per heavy atom. The van der Waals surface area contributed by atoms with E-state index < -0.39 is 11.4 Å². The number of nitrogens with one attached hydrogen (secondary N) is 1. The Balaban J connectivity index is 2.57. The molecule has 6 heteroatoms. The molecule has 1 heterocycles. The Labute approximate surface area is 81.8 Å². The number of hydrogen-bond donors (Lipinski definition) is 2. The van der Waals surface area contributed by atoms with Crippen molar-refractivity contribution < 1.29 is 9.42 Å². The molecule has 0 atom stereocenters. The molecule has 14 heavy (non-hydrogen) atoms. The van der Waals surface area contributed by atoms with Gasteiger partial charge in [-0.1, -0.05) is 10.3 Å². The van der Waals surface area contributed by atoms with Crippen LogP contribution in [0, 0.1) is 6.92 Å². The van der Waals surface area contributed by atoms with Crippen LogP contribution >= 0.6 is 0 Å². The van der Waals surface area contributed by atoms with Crippen LogP contribution < -0.4 is 11.1 Å². The third-order valence-electron chi connectivity index (χ3n) is 2.06. The molecule has 0 saturated carbocycles. The van der Waals surface area contributed by atoms with Crippen LogP contribution in [-0.2, 0) is 11.3 Å². The minimum atomic E-state index is -0.759. The highest BCUT2D eigenvalue weighted by Gasteiger charge is 2.24. The minimum Gasteiger partial charge on any atom is -0.368 e. The lowest BCUT2D eigenvalue weighted by Gasteiger charge is -2.21. The number of aromatic nitrogens is 2. The van der Waals surface area contributed by atoms with Crippen molar-refractivity contribution in [3.8, 4) is 0 Å². The van der Waals surface area contributed by atoms with Crippen molar-refractivity contribution >= 4 is 5.91 Å². The van der Waals surface area contributed by atoms with Crippen molar-refractivity contribution in [2.75, 3.05) is 0 Å². The van der Waals surface area contributed by atoms with Crippen molar-refractivity contribution in [3.05, 3.63) is 11.4 Å². The number of hydrogen-bond acceptors (Lipinski definition) is 5. The maximum atomic E-state index is 11.0. The van der Waals surface area contributed by atoms with E-state index in [4.69, 9.17) is 5.73 Å². The maximum Gasteiger partial charge on any atom is 0.237 e. The Kier molecular flexibility index (Phi) is 2.85. The Morgan fingerprint density at radius 2 is 2.21 bits per heavy atom. The molecule has 0 fully saturated rings. The molecule has 3 N–H and O–H groups in total. The quantitative estimate of drug-likeness (QED) is 0.694. The predicted molar refractivity (Wildman–Crippen MR) is 49.1 cm³/mol. The first-order valence-corrected chi connectivity index (χ1v) is 4.26. The number of rotatable bonds is 4. The molecule has 0 spiro atoms. The van der Waals surface area contributed by atoms with Crippen molar-refractivity contribution in [2.24, 2.45) is 5.73 Å². The van der Waals surface area contributed by atoms with E-state index >= 15 is 0 Å². The van der Waals surface area contributed by atoms with Gasteiger partial charge in [0, 0.05) is 6.54 Å². The van der Waals surface area contributed by atoms with E-state index in [0.29, 0.717) is 17.9 Å². The number of carbonyl (C=O) groups excluding carboxylic acids is 1. The molecule has 1 aromatic rings. The van der Waals surface area contributed by atoms with E-state index in [0.717, 1.165) is 0 Å². The summed E-state index contributed by atoms with van der Waals surface area (Å²) < 4.78 is 4.51. The summed E-state index contributed by atoms with van der Waals surface area (Å²) in [6, 6.07) is 0. The van der Waals surface area contributed by atoms with Crippen LogP contribution in [0.4, 0.5) is 0 Å². The van der Waals surface area contributed by atoms with Crippen LogP contribution in [0.3, 0.4) is 0 Å². The summed E-state index contributed by atoms with van der Waals surface area (Å²) in [7, 11) is 0. The molecule has 1 amide bonds. The molecule has 0 aliphatic rings. The highest BCUT2D eigenvalue weighted by Crippen LogP contribution is 2.05. The molecule has 0 radical (unpaired) electrons. The van der Waals surface area contributed by atoms with Crippen LogP contribution in [-0.4, -0.2) is 21.8 Å². The number of carbonyl (C=O) groups is 1. The average molecular weight is 198 g/mol. The lowest BCUT2D eigenvalue weighted by atomic mass is 10.1. The molecule has 0 bridgehead atoms. The Bertz CT molecular complexity index is 332. The van der Waals surface area contributed by atoms with Gasteiger partial charge in [-0.3, -0.25) is 10.1 Å². The summed E-state index contributed by atoms with van der Waals surface area (Å²) in [4.78, 5) is 11.0. The van der Waals surface area contributed by atoms with E-state index in [1.54, 1.807) is 20.8 Å². The highest BCUT2D eigenvalue weighted by atomic mass is 16.6. The Hall–Kier alpha value is -1.43. The molecule has 0 aliphatic heterocycles. The van der Waals surface area contributed by atoms with Crippen LogP contribution in [0.2, 0.25) is 0 Å². The summed E-state index contributed by atoms with van der Waals surface area (Å²) >= 11 is 0.